The molecule has 5 nitrogen and oxygen atoms in total. The smallest absolute Gasteiger partial charge is 0.271 e. The van der Waals surface area contributed by atoms with Crippen LogP contribution in [0.25, 0.3) is 0 Å². The molecule has 1 unspecified atom stereocenters. The third-order valence-corrected chi connectivity index (χ3v) is 3.64. The Hall–Kier alpha value is -2.08. The fraction of sp³-hybridized carbons (Fsp3) is 0.286. The van der Waals surface area contributed by atoms with E-state index in [4.69, 9.17) is 16.7 Å². The maximum absolute atomic E-state index is 13.3. The molecule has 0 aliphatic heterocycles. The number of aromatic nitrogens is 2. The van der Waals surface area contributed by atoms with Crippen molar-refractivity contribution in [3.63, 3.8) is 0 Å². The summed E-state index contributed by atoms with van der Waals surface area (Å²) in [5.74, 6) is -1.56. The van der Waals surface area contributed by atoms with Crippen molar-refractivity contribution >= 4 is 17.5 Å². The summed E-state index contributed by atoms with van der Waals surface area (Å²) >= 11 is 6.05. The Kier molecular flexibility index (Phi) is 4.18. The molecule has 1 heterocycles. The van der Waals surface area contributed by atoms with Gasteiger partial charge in [-0.1, -0.05) is 17.7 Å². The molecular weight excluding hydrogens is 297 g/mol. The van der Waals surface area contributed by atoms with E-state index in [2.05, 4.69) is 10.4 Å². The third kappa shape index (κ3) is 3.00. The maximum atomic E-state index is 13.3. The van der Waals surface area contributed by atoms with Crippen molar-refractivity contribution in [3.8, 4) is 5.75 Å². The molecule has 1 amide bonds. The predicted molar refractivity (Wildman–Crippen MR) is 76.9 cm³/mol. The second-order valence-corrected chi connectivity index (χ2v) is 5.16. The van der Waals surface area contributed by atoms with Gasteiger partial charge in [0.1, 0.15) is 5.69 Å². The molecule has 0 fully saturated rings. The Balaban J connectivity index is 2.20. The number of carbonyl (C=O) groups is 1. The van der Waals surface area contributed by atoms with Crippen molar-refractivity contribution in [2.45, 2.75) is 19.9 Å². The van der Waals surface area contributed by atoms with Crippen LogP contribution in [0, 0.1) is 12.7 Å². The third-order valence-electron chi connectivity index (χ3n) is 3.18. The predicted octanol–water partition coefficient (Wildman–Crippen LogP) is 2.72. The molecule has 1 aromatic carbocycles. The van der Waals surface area contributed by atoms with Gasteiger partial charge in [-0.2, -0.15) is 5.10 Å². The summed E-state index contributed by atoms with van der Waals surface area (Å²) in [5, 5.41) is 16.3. The number of hydrogen-bond acceptors (Lipinski definition) is 3. The highest BCUT2D eigenvalue weighted by atomic mass is 35.5. The highest BCUT2D eigenvalue weighted by Crippen LogP contribution is 2.23. The first kappa shape index (κ1) is 15.3. The normalized spacial score (nSPS) is 12.2. The summed E-state index contributed by atoms with van der Waals surface area (Å²) in [5.41, 5.74) is 1.35. The first-order chi connectivity index (χ1) is 9.81. The number of rotatable bonds is 3. The molecule has 2 N–H and O–H groups in total. The lowest BCUT2D eigenvalue weighted by Crippen LogP contribution is -2.28. The zero-order chi connectivity index (χ0) is 15.7. The number of halogens is 2. The van der Waals surface area contributed by atoms with E-state index < -0.39 is 23.5 Å². The van der Waals surface area contributed by atoms with Gasteiger partial charge in [0.05, 0.1) is 16.8 Å². The van der Waals surface area contributed by atoms with Crippen molar-refractivity contribution in [2.75, 3.05) is 0 Å². The number of benzene rings is 1. The van der Waals surface area contributed by atoms with Gasteiger partial charge < -0.3 is 10.4 Å². The van der Waals surface area contributed by atoms with Crippen LogP contribution in [0.5, 0.6) is 5.75 Å². The first-order valence-corrected chi connectivity index (χ1v) is 6.67. The quantitative estimate of drug-likeness (QED) is 0.916. The molecule has 2 rings (SSSR count). The molecule has 0 spiro atoms. The van der Waals surface area contributed by atoms with E-state index in [1.54, 1.807) is 27.0 Å². The zero-order valence-corrected chi connectivity index (χ0v) is 12.6. The Labute approximate surface area is 126 Å². The van der Waals surface area contributed by atoms with Crippen LogP contribution in [-0.4, -0.2) is 20.8 Å². The molecule has 112 valence electrons. The topological polar surface area (TPSA) is 67.2 Å². The van der Waals surface area contributed by atoms with Crippen LogP contribution in [-0.2, 0) is 7.05 Å². The van der Waals surface area contributed by atoms with Gasteiger partial charge in [0.25, 0.3) is 5.91 Å². The van der Waals surface area contributed by atoms with Crippen LogP contribution in [0.3, 0.4) is 0 Å². The number of amides is 1. The molecule has 0 saturated heterocycles. The highest BCUT2D eigenvalue weighted by Gasteiger charge is 2.20. The van der Waals surface area contributed by atoms with Crippen molar-refractivity contribution in [3.05, 3.63) is 46.0 Å². The maximum Gasteiger partial charge on any atom is 0.271 e. The molecular formula is C14H15ClFN3O2. The number of nitrogens with zero attached hydrogens (tertiary/aromatic N) is 2. The second kappa shape index (κ2) is 5.73. The van der Waals surface area contributed by atoms with E-state index in [9.17, 15) is 9.18 Å². The summed E-state index contributed by atoms with van der Waals surface area (Å²) in [6.45, 7) is 3.42. The lowest BCUT2D eigenvalue weighted by Gasteiger charge is -2.15. The van der Waals surface area contributed by atoms with Gasteiger partial charge in [0.15, 0.2) is 11.6 Å². The van der Waals surface area contributed by atoms with E-state index in [1.807, 2.05) is 0 Å². The number of nitrogens with one attached hydrogen (secondary N) is 1. The monoisotopic (exact) mass is 311 g/mol. The number of aromatic hydroxyl groups is 1. The Morgan fingerprint density at radius 1 is 1.52 bits per heavy atom. The van der Waals surface area contributed by atoms with Gasteiger partial charge in [0.2, 0.25) is 0 Å². The van der Waals surface area contributed by atoms with Gasteiger partial charge >= 0.3 is 0 Å². The summed E-state index contributed by atoms with van der Waals surface area (Å²) in [6.07, 6.45) is 0. The van der Waals surface area contributed by atoms with Crippen molar-refractivity contribution < 1.29 is 14.3 Å². The van der Waals surface area contributed by atoms with Crippen molar-refractivity contribution in [2.24, 2.45) is 7.05 Å². The van der Waals surface area contributed by atoms with Crippen LogP contribution in [0.1, 0.15) is 34.7 Å². The van der Waals surface area contributed by atoms with Crippen LogP contribution in [0.15, 0.2) is 18.2 Å². The van der Waals surface area contributed by atoms with Crippen LogP contribution in [0.4, 0.5) is 4.39 Å². The Morgan fingerprint density at radius 2 is 2.19 bits per heavy atom. The molecule has 0 saturated carbocycles. The molecule has 0 aliphatic rings. The minimum Gasteiger partial charge on any atom is -0.505 e. The van der Waals surface area contributed by atoms with Crippen molar-refractivity contribution in [1.82, 2.24) is 15.1 Å². The fourth-order valence-electron chi connectivity index (χ4n) is 2.02. The van der Waals surface area contributed by atoms with E-state index >= 15 is 0 Å². The van der Waals surface area contributed by atoms with Gasteiger partial charge in [-0.05, 0) is 31.5 Å². The zero-order valence-electron chi connectivity index (χ0n) is 11.8. The lowest BCUT2D eigenvalue weighted by molar-refractivity contribution is 0.0930. The molecule has 0 radical (unpaired) electrons. The SMILES string of the molecule is Cc1nn(C)c(C(=O)NC(C)c2ccc(O)c(F)c2)c1Cl. The average Bonchev–Trinajstić information content (AvgIpc) is 2.66. The number of phenols is 1. The van der Waals surface area contributed by atoms with Gasteiger partial charge in [-0.15, -0.1) is 0 Å². The second-order valence-electron chi connectivity index (χ2n) is 4.78. The van der Waals surface area contributed by atoms with E-state index in [0.717, 1.165) is 0 Å². The molecule has 21 heavy (non-hydrogen) atoms. The number of phenolic OH excluding ortho intramolecular Hbond substituents is 1. The minimum absolute atomic E-state index is 0.250. The summed E-state index contributed by atoms with van der Waals surface area (Å²) in [7, 11) is 1.62. The van der Waals surface area contributed by atoms with Crippen LogP contribution in [0.2, 0.25) is 5.02 Å². The van der Waals surface area contributed by atoms with Gasteiger partial charge in [-0.3, -0.25) is 9.48 Å². The van der Waals surface area contributed by atoms with Crippen molar-refractivity contribution in [1.29, 1.82) is 0 Å². The molecule has 0 bridgehead atoms. The molecule has 2 aromatic rings. The van der Waals surface area contributed by atoms with Crippen LogP contribution < -0.4 is 5.32 Å². The van der Waals surface area contributed by atoms with Gasteiger partial charge in [-0.25, -0.2) is 4.39 Å². The molecule has 1 aromatic heterocycles. The van der Waals surface area contributed by atoms with E-state index in [0.29, 0.717) is 16.3 Å². The van der Waals surface area contributed by atoms with Crippen LogP contribution >= 0.6 is 11.6 Å². The Morgan fingerprint density at radius 3 is 2.71 bits per heavy atom. The van der Waals surface area contributed by atoms with Gasteiger partial charge in [0, 0.05) is 7.05 Å². The molecule has 7 heteroatoms. The average molecular weight is 312 g/mol. The Bertz CT molecular complexity index is 700. The lowest BCUT2D eigenvalue weighted by atomic mass is 10.1. The standard InChI is InChI=1S/C14H15ClFN3O2/c1-7(9-4-5-11(20)10(16)6-9)17-14(21)13-12(15)8(2)18-19(13)3/h4-7,20H,1-3H3,(H,17,21). The largest absolute Gasteiger partial charge is 0.505 e. The number of aryl methyl sites for hydroxylation is 2. The minimum atomic E-state index is -0.733. The fourth-order valence-corrected chi connectivity index (χ4v) is 2.27. The first-order valence-electron chi connectivity index (χ1n) is 6.29. The van der Waals surface area contributed by atoms with E-state index in [1.165, 1.54) is 16.8 Å². The number of carbonyl (C=O) groups excluding carboxylic acids is 1. The number of hydrogen-bond donors (Lipinski definition) is 2. The summed E-state index contributed by atoms with van der Waals surface area (Å²) < 4.78 is 14.7. The highest BCUT2D eigenvalue weighted by molar-refractivity contribution is 6.34. The molecule has 0 aliphatic carbocycles. The molecule has 1 atom stereocenters. The summed E-state index contributed by atoms with van der Waals surface area (Å²) in [4.78, 5) is 12.2. The van der Waals surface area contributed by atoms with E-state index in [-0.39, 0.29) is 5.69 Å². The summed E-state index contributed by atoms with van der Waals surface area (Å²) in [6, 6.07) is 3.52.